The van der Waals surface area contributed by atoms with Gasteiger partial charge in [-0.1, -0.05) is 12.1 Å². The summed E-state index contributed by atoms with van der Waals surface area (Å²) in [5.41, 5.74) is 1.31. The second-order valence-electron chi connectivity index (χ2n) is 6.97. The Kier molecular flexibility index (Phi) is 5.92. The van der Waals surface area contributed by atoms with Gasteiger partial charge in [0, 0.05) is 19.7 Å². The van der Waals surface area contributed by atoms with Crippen LogP contribution in [0.3, 0.4) is 0 Å². The van der Waals surface area contributed by atoms with Crippen LogP contribution in [-0.4, -0.2) is 48.5 Å². The van der Waals surface area contributed by atoms with Crippen molar-refractivity contribution in [3.05, 3.63) is 29.8 Å². The van der Waals surface area contributed by atoms with E-state index in [-0.39, 0.29) is 12.2 Å². The van der Waals surface area contributed by atoms with Crippen LogP contribution in [0, 0.1) is 5.92 Å². The molecule has 2 heterocycles. The average Bonchev–Trinajstić information content (AvgIpc) is 3.08. The van der Waals surface area contributed by atoms with Gasteiger partial charge in [0.25, 0.3) is 0 Å². The van der Waals surface area contributed by atoms with Crippen molar-refractivity contribution in [2.45, 2.75) is 51.4 Å². The molecular weight excluding hydrogens is 290 g/mol. The van der Waals surface area contributed by atoms with Crippen LogP contribution >= 0.6 is 0 Å². The third-order valence-corrected chi connectivity index (χ3v) is 5.01. The van der Waals surface area contributed by atoms with Crippen LogP contribution < -0.4 is 4.74 Å². The Bertz CT molecular complexity index is 468. The second-order valence-corrected chi connectivity index (χ2v) is 6.97. The molecule has 1 aromatic carbocycles. The van der Waals surface area contributed by atoms with Crippen molar-refractivity contribution in [2.24, 2.45) is 5.92 Å². The first-order chi connectivity index (χ1) is 11.2. The number of piperidine rings is 1. The standard InChI is InChI=1S/C19H29NO3/c1-15(21)17-4-2-10-20(13-17)12-16-6-8-18(9-7-16)23-14-19-5-3-11-22-19/h6-9,15,17,19,21H,2-5,10-14H2,1H3. The molecule has 4 heteroatoms. The van der Waals surface area contributed by atoms with Gasteiger partial charge >= 0.3 is 0 Å². The molecule has 0 amide bonds. The zero-order chi connectivity index (χ0) is 16.1. The number of ether oxygens (including phenoxy) is 2. The molecule has 3 rings (SSSR count). The average molecular weight is 319 g/mol. The molecule has 2 saturated heterocycles. The predicted octanol–water partition coefficient (Wildman–Crippen LogP) is 2.84. The van der Waals surface area contributed by atoms with Crippen LogP contribution in [-0.2, 0) is 11.3 Å². The summed E-state index contributed by atoms with van der Waals surface area (Å²) in [5.74, 6) is 1.34. The lowest BCUT2D eigenvalue weighted by molar-refractivity contribution is 0.0598. The van der Waals surface area contributed by atoms with E-state index in [0.717, 1.165) is 51.3 Å². The summed E-state index contributed by atoms with van der Waals surface area (Å²) in [6.45, 7) is 6.51. The summed E-state index contributed by atoms with van der Waals surface area (Å²) in [6.07, 6.45) is 4.64. The van der Waals surface area contributed by atoms with Crippen LogP contribution in [0.5, 0.6) is 5.75 Å². The molecule has 3 atom stereocenters. The molecule has 2 aliphatic rings. The Labute approximate surface area is 139 Å². The molecule has 128 valence electrons. The van der Waals surface area contributed by atoms with E-state index in [1.54, 1.807) is 0 Å². The van der Waals surface area contributed by atoms with Gasteiger partial charge in [0.2, 0.25) is 0 Å². The van der Waals surface area contributed by atoms with E-state index in [1.807, 2.05) is 6.92 Å². The lowest BCUT2D eigenvalue weighted by Gasteiger charge is -2.34. The summed E-state index contributed by atoms with van der Waals surface area (Å²) in [7, 11) is 0. The predicted molar refractivity (Wildman–Crippen MR) is 90.6 cm³/mol. The largest absolute Gasteiger partial charge is 0.491 e. The van der Waals surface area contributed by atoms with Crippen molar-refractivity contribution in [1.82, 2.24) is 4.90 Å². The molecule has 3 unspecified atom stereocenters. The second kappa shape index (κ2) is 8.13. The van der Waals surface area contributed by atoms with Gasteiger partial charge in [-0.05, 0) is 62.8 Å². The Morgan fingerprint density at radius 1 is 1.26 bits per heavy atom. The van der Waals surface area contributed by atoms with Crippen LogP contribution in [0.15, 0.2) is 24.3 Å². The molecule has 0 bridgehead atoms. The van der Waals surface area contributed by atoms with Crippen molar-refractivity contribution in [3.63, 3.8) is 0 Å². The quantitative estimate of drug-likeness (QED) is 0.875. The van der Waals surface area contributed by atoms with E-state index in [2.05, 4.69) is 29.2 Å². The van der Waals surface area contributed by atoms with E-state index in [4.69, 9.17) is 9.47 Å². The maximum absolute atomic E-state index is 9.79. The Morgan fingerprint density at radius 2 is 2.09 bits per heavy atom. The molecule has 2 aliphatic heterocycles. The highest BCUT2D eigenvalue weighted by atomic mass is 16.5. The molecule has 0 spiro atoms. The van der Waals surface area contributed by atoms with Crippen molar-refractivity contribution >= 4 is 0 Å². The number of rotatable bonds is 6. The highest BCUT2D eigenvalue weighted by Gasteiger charge is 2.23. The summed E-state index contributed by atoms with van der Waals surface area (Å²) in [5, 5.41) is 9.79. The zero-order valence-corrected chi connectivity index (χ0v) is 14.1. The first-order valence-corrected chi connectivity index (χ1v) is 8.94. The Morgan fingerprint density at radius 3 is 2.78 bits per heavy atom. The van der Waals surface area contributed by atoms with Gasteiger partial charge in [-0.25, -0.2) is 0 Å². The highest BCUT2D eigenvalue weighted by molar-refractivity contribution is 5.27. The Balaban J connectivity index is 1.47. The number of likely N-dealkylation sites (tertiary alicyclic amines) is 1. The summed E-state index contributed by atoms with van der Waals surface area (Å²) >= 11 is 0. The van der Waals surface area contributed by atoms with E-state index in [1.165, 1.54) is 12.0 Å². The molecule has 1 N–H and O–H groups in total. The SMILES string of the molecule is CC(O)C1CCCN(Cc2ccc(OCC3CCCO3)cc2)C1. The molecule has 0 aromatic heterocycles. The first kappa shape index (κ1) is 16.7. The topological polar surface area (TPSA) is 41.9 Å². The fraction of sp³-hybridized carbons (Fsp3) is 0.684. The van der Waals surface area contributed by atoms with Gasteiger partial charge in [-0.15, -0.1) is 0 Å². The maximum atomic E-state index is 9.79. The van der Waals surface area contributed by atoms with Crippen LogP contribution in [0.2, 0.25) is 0 Å². The van der Waals surface area contributed by atoms with Crippen LogP contribution in [0.25, 0.3) is 0 Å². The summed E-state index contributed by atoms with van der Waals surface area (Å²) in [4.78, 5) is 2.45. The number of hydrogen-bond acceptors (Lipinski definition) is 4. The van der Waals surface area contributed by atoms with E-state index in [0.29, 0.717) is 12.5 Å². The van der Waals surface area contributed by atoms with Crippen molar-refractivity contribution in [2.75, 3.05) is 26.3 Å². The van der Waals surface area contributed by atoms with E-state index >= 15 is 0 Å². The molecular formula is C19H29NO3. The Hall–Kier alpha value is -1.10. The number of hydrogen-bond donors (Lipinski definition) is 1. The molecule has 1 aromatic rings. The van der Waals surface area contributed by atoms with Crippen molar-refractivity contribution in [3.8, 4) is 5.75 Å². The normalized spacial score (nSPS) is 27.0. The molecule has 0 radical (unpaired) electrons. The molecule has 4 nitrogen and oxygen atoms in total. The smallest absolute Gasteiger partial charge is 0.119 e. The maximum Gasteiger partial charge on any atom is 0.119 e. The van der Waals surface area contributed by atoms with Gasteiger partial charge in [-0.2, -0.15) is 0 Å². The first-order valence-electron chi connectivity index (χ1n) is 8.94. The summed E-state index contributed by atoms with van der Waals surface area (Å²) < 4.78 is 11.4. The van der Waals surface area contributed by atoms with Crippen LogP contribution in [0.4, 0.5) is 0 Å². The van der Waals surface area contributed by atoms with E-state index in [9.17, 15) is 5.11 Å². The van der Waals surface area contributed by atoms with Crippen molar-refractivity contribution < 1.29 is 14.6 Å². The highest BCUT2D eigenvalue weighted by Crippen LogP contribution is 2.22. The van der Waals surface area contributed by atoms with Crippen LogP contribution in [0.1, 0.15) is 38.2 Å². The summed E-state index contributed by atoms with van der Waals surface area (Å²) in [6, 6.07) is 8.41. The minimum atomic E-state index is -0.202. The number of aliphatic hydroxyl groups excluding tert-OH is 1. The molecule has 0 aliphatic carbocycles. The number of nitrogens with zero attached hydrogens (tertiary/aromatic N) is 1. The van der Waals surface area contributed by atoms with Gasteiger partial charge in [0.15, 0.2) is 0 Å². The van der Waals surface area contributed by atoms with Crippen molar-refractivity contribution in [1.29, 1.82) is 0 Å². The molecule has 0 saturated carbocycles. The molecule has 2 fully saturated rings. The lowest BCUT2D eigenvalue weighted by atomic mass is 9.93. The zero-order valence-electron chi connectivity index (χ0n) is 14.1. The minimum Gasteiger partial charge on any atom is -0.491 e. The molecule has 23 heavy (non-hydrogen) atoms. The van der Waals surface area contributed by atoms with Gasteiger partial charge in [0.1, 0.15) is 12.4 Å². The third kappa shape index (κ3) is 4.93. The minimum absolute atomic E-state index is 0.202. The van der Waals surface area contributed by atoms with Gasteiger partial charge < -0.3 is 14.6 Å². The van der Waals surface area contributed by atoms with E-state index < -0.39 is 0 Å². The third-order valence-electron chi connectivity index (χ3n) is 5.01. The monoisotopic (exact) mass is 319 g/mol. The lowest BCUT2D eigenvalue weighted by Crippen LogP contribution is -2.38. The number of aliphatic hydroxyl groups is 1. The fourth-order valence-corrected chi connectivity index (χ4v) is 3.54. The fourth-order valence-electron chi connectivity index (χ4n) is 3.54. The van der Waals surface area contributed by atoms with Gasteiger partial charge in [-0.3, -0.25) is 4.90 Å². The number of benzene rings is 1. The van der Waals surface area contributed by atoms with Gasteiger partial charge in [0.05, 0.1) is 12.2 Å².